The van der Waals surface area contributed by atoms with Gasteiger partial charge in [0, 0.05) is 42.9 Å². The van der Waals surface area contributed by atoms with Crippen LogP contribution in [-0.2, 0) is 6.54 Å². The SMILES string of the molecule is CNCc1cc(Cl)ccc1N1CCN2CCCCC2C1. The number of hydrogen-bond donors (Lipinski definition) is 1. The topological polar surface area (TPSA) is 18.5 Å². The fourth-order valence-electron chi connectivity index (χ4n) is 3.57. The molecule has 1 N–H and O–H groups in total. The summed E-state index contributed by atoms with van der Waals surface area (Å²) in [5.41, 5.74) is 2.67. The number of nitrogens with one attached hydrogen (secondary N) is 1. The summed E-state index contributed by atoms with van der Waals surface area (Å²) in [4.78, 5) is 5.23. The first-order chi connectivity index (χ1) is 9.78. The van der Waals surface area contributed by atoms with Crippen LogP contribution >= 0.6 is 11.6 Å². The van der Waals surface area contributed by atoms with E-state index in [9.17, 15) is 0 Å². The van der Waals surface area contributed by atoms with Crippen LogP contribution in [0.5, 0.6) is 0 Å². The first kappa shape index (κ1) is 14.2. The molecule has 110 valence electrons. The van der Waals surface area contributed by atoms with Crippen molar-refractivity contribution in [3.63, 3.8) is 0 Å². The van der Waals surface area contributed by atoms with E-state index in [1.807, 2.05) is 13.1 Å². The monoisotopic (exact) mass is 293 g/mol. The third-order valence-electron chi connectivity index (χ3n) is 4.59. The second kappa shape index (κ2) is 6.33. The van der Waals surface area contributed by atoms with Crippen molar-refractivity contribution < 1.29 is 0 Å². The average molecular weight is 294 g/mol. The molecule has 2 fully saturated rings. The normalized spacial score (nSPS) is 23.7. The number of benzene rings is 1. The van der Waals surface area contributed by atoms with E-state index in [1.165, 1.54) is 50.1 Å². The van der Waals surface area contributed by atoms with Crippen LogP contribution in [0, 0.1) is 0 Å². The molecular formula is C16H24ClN3. The Morgan fingerprint density at radius 3 is 3.00 bits per heavy atom. The maximum Gasteiger partial charge on any atom is 0.0413 e. The van der Waals surface area contributed by atoms with Crippen molar-refractivity contribution >= 4 is 17.3 Å². The van der Waals surface area contributed by atoms with Gasteiger partial charge in [0.1, 0.15) is 0 Å². The van der Waals surface area contributed by atoms with E-state index in [2.05, 4.69) is 27.2 Å². The van der Waals surface area contributed by atoms with Crippen molar-refractivity contribution in [1.29, 1.82) is 0 Å². The largest absolute Gasteiger partial charge is 0.368 e. The molecule has 2 aliphatic rings. The van der Waals surface area contributed by atoms with Gasteiger partial charge < -0.3 is 10.2 Å². The van der Waals surface area contributed by atoms with Crippen LogP contribution in [0.15, 0.2) is 18.2 Å². The Balaban J connectivity index is 1.78. The highest BCUT2D eigenvalue weighted by molar-refractivity contribution is 6.30. The van der Waals surface area contributed by atoms with Gasteiger partial charge in [0.15, 0.2) is 0 Å². The van der Waals surface area contributed by atoms with E-state index in [0.29, 0.717) is 0 Å². The molecule has 1 aromatic carbocycles. The average Bonchev–Trinajstić information content (AvgIpc) is 2.47. The lowest BCUT2D eigenvalue weighted by molar-refractivity contribution is 0.133. The zero-order valence-electron chi connectivity index (χ0n) is 12.2. The minimum atomic E-state index is 0.746. The van der Waals surface area contributed by atoms with E-state index in [0.717, 1.165) is 24.2 Å². The van der Waals surface area contributed by atoms with Crippen molar-refractivity contribution in [2.75, 3.05) is 38.1 Å². The smallest absolute Gasteiger partial charge is 0.0413 e. The van der Waals surface area contributed by atoms with Crippen molar-refractivity contribution in [1.82, 2.24) is 10.2 Å². The molecule has 20 heavy (non-hydrogen) atoms. The summed E-state index contributed by atoms with van der Waals surface area (Å²) in [5.74, 6) is 0. The summed E-state index contributed by atoms with van der Waals surface area (Å²) in [6.07, 6.45) is 4.12. The summed E-state index contributed by atoms with van der Waals surface area (Å²) in [5, 5.41) is 4.08. The molecule has 0 saturated carbocycles. The Morgan fingerprint density at radius 1 is 1.25 bits per heavy atom. The molecule has 3 nitrogen and oxygen atoms in total. The number of halogens is 1. The lowest BCUT2D eigenvalue weighted by atomic mass is 9.98. The van der Waals surface area contributed by atoms with Gasteiger partial charge in [0.25, 0.3) is 0 Å². The van der Waals surface area contributed by atoms with Crippen molar-refractivity contribution in [3.05, 3.63) is 28.8 Å². The van der Waals surface area contributed by atoms with E-state index < -0.39 is 0 Å². The van der Waals surface area contributed by atoms with Gasteiger partial charge in [-0.25, -0.2) is 0 Å². The van der Waals surface area contributed by atoms with Crippen LogP contribution < -0.4 is 10.2 Å². The van der Waals surface area contributed by atoms with E-state index in [1.54, 1.807) is 0 Å². The zero-order chi connectivity index (χ0) is 13.9. The molecule has 0 amide bonds. The number of rotatable bonds is 3. The fourth-order valence-corrected chi connectivity index (χ4v) is 3.76. The van der Waals surface area contributed by atoms with Gasteiger partial charge >= 0.3 is 0 Å². The molecule has 2 saturated heterocycles. The summed E-state index contributed by atoms with van der Waals surface area (Å²) < 4.78 is 0. The first-order valence-electron chi connectivity index (χ1n) is 7.70. The lowest BCUT2D eigenvalue weighted by Crippen LogP contribution is -2.55. The molecule has 1 aromatic rings. The Kier molecular flexibility index (Phi) is 4.49. The number of fused-ring (bicyclic) bond motifs is 1. The minimum absolute atomic E-state index is 0.746. The second-order valence-corrected chi connectivity index (χ2v) is 6.37. The van der Waals surface area contributed by atoms with Crippen molar-refractivity contribution in [2.24, 2.45) is 0 Å². The predicted molar refractivity (Wildman–Crippen MR) is 85.6 cm³/mol. The van der Waals surface area contributed by atoms with Crippen LogP contribution in [0.1, 0.15) is 24.8 Å². The van der Waals surface area contributed by atoms with Gasteiger partial charge in [-0.1, -0.05) is 18.0 Å². The maximum atomic E-state index is 6.15. The maximum absolute atomic E-state index is 6.15. The van der Waals surface area contributed by atoms with E-state index >= 15 is 0 Å². The first-order valence-corrected chi connectivity index (χ1v) is 8.08. The van der Waals surface area contributed by atoms with Gasteiger partial charge in [-0.3, -0.25) is 4.90 Å². The number of nitrogens with zero attached hydrogens (tertiary/aromatic N) is 2. The molecule has 3 rings (SSSR count). The van der Waals surface area contributed by atoms with Crippen LogP contribution in [0.3, 0.4) is 0 Å². The van der Waals surface area contributed by atoms with Gasteiger partial charge in [-0.05, 0) is 50.2 Å². The molecule has 0 aromatic heterocycles. The molecule has 1 unspecified atom stereocenters. The number of piperazine rings is 1. The predicted octanol–water partition coefficient (Wildman–Crippen LogP) is 2.73. The second-order valence-electron chi connectivity index (χ2n) is 5.93. The Labute approximate surface area is 126 Å². The molecular weight excluding hydrogens is 270 g/mol. The lowest BCUT2D eigenvalue weighted by Gasteiger charge is -2.45. The van der Waals surface area contributed by atoms with Crippen LogP contribution in [0.2, 0.25) is 5.02 Å². The number of piperidine rings is 1. The van der Waals surface area contributed by atoms with Gasteiger partial charge in [-0.2, -0.15) is 0 Å². The van der Waals surface area contributed by atoms with Gasteiger partial charge in [-0.15, -0.1) is 0 Å². The summed E-state index contributed by atoms with van der Waals surface area (Å²) in [6, 6.07) is 7.05. The summed E-state index contributed by atoms with van der Waals surface area (Å²) in [7, 11) is 1.99. The van der Waals surface area contributed by atoms with Crippen LogP contribution in [-0.4, -0.2) is 44.2 Å². The number of hydrogen-bond acceptors (Lipinski definition) is 3. The molecule has 0 bridgehead atoms. The zero-order valence-corrected chi connectivity index (χ0v) is 13.0. The van der Waals surface area contributed by atoms with Gasteiger partial charge in [0.2, 0.25) is 0 Å². The molecule has 2 heterocycles. The highest BCUT2D eigenvalue weighted by atomic mass is 35.5. The van der Waals surface area contributed by atoms with E-state index in [4.69, 9.17) is 11.6 Å². The third-order valence-corrected chi connectivity index (χ3v) is 4.82. The highest BCUT2D eigenvalue weighted by Crippen LogP contribution is 2.29. The Bertz CT molecular complexity index is 463. The third kappa shape index (κ3) is 2.95. The standard InChI is InChI=1S/C16H24ClN3/c1-18-11-13-10-14(17)5-6-16(13)20-9-8-19-7-3-2-4-15(19)12-20/h5-6,10,15,18H,2-4,7-9,11-12H2,1H3. The summed E-state index contributed by atoms with van der Waals surface area (Å²) in [6.45, 7) is 5.67. The van der Waals surface area contributed by atoms with Crippen LogP contribution in [0.25, 0.3) is 0 Å². The molecule has 0 spiro atoms. The molecule has 2 aliphatic heterocycles. The Morgan fingerprint density at radius 2 is 2.15 bits per heavy atom. The molecule has 4 heteroatoms. The quantitative estimate of drug-likeness (QED) is 0.924. The van der Waals surface area contributed by atoms with Crippen molar-refractivity contribution in [2.45, 2.75) is 31.8 Å². The fraction of sp³-hybridized carbons (Fsp3) is 0.625. The number of anilines is 1. The molecule has 1 atom stereocenters. The Hall–Kier alpha value is -0.770. The molecule has 0 radical (unpaired) electrons. The van der Waals surface area contributed by atoms with Gasteiger partial charge in [0.05, 0.1) is 0 Å². The molecule has 0 aliphatic carbocycles. The highest BCUT2D eigenvalue weighted by Gasteiger charge is 2.29. The van der Waals surface area contributed by atoms with Crippen molar-refractivity contribution in [3.8, 4) is 0 Å². The van der Waals surface area contributed by atoms with Crippen LogP contribution in [0.4, 0.5) is 5.69 Å². The van der Waals surface area contributed by atoms with E-state index in [-0.39, 0.29) is 0 Å². The minimum Gasteiger partial charge on any atom is -0.368 e. The summed E-state index contributed by atoms with van der Waals surface area (Å²) >= 11 is 6.15.